The molecule has 0 aromatic heterocycles. The van der Waals surface area contributed by atoms with Crippen molar-refractivity contribution in [2.75, 3.05) is 20.6 Å². The van der Waals surface area contributed by atoms with Crippen molar-refractivity contribution in [3.8, 4) is 5.75 Å². The van der Waals surface area contributed by atoms with Gasteiger partial charge in [-0.1, -0.05) is 41.1 Å². The zero-order chi connectivity index (χ0) is 21.8. The molecule has 0 saturated carbocycles. The number of benzene rings is 2. The Balaban J connectivity index is 1.95. The summed E-state index contributed by atoms with van der Waals surface area (Å²) in [6.45, 7) is 8.54. The Kier molecular flexibility index (Phi) is 7.59. The molecule has 2 aromatic carbocycles. The van der Waals surface area contributed by atoms with Crippen molar-refractivity contribution < 1.29 is 14.3 Å². The van der Waals surface area contributed by atoms with E-state index in [4.69, 9.17) is 9.47 Å². The van der Waals surface area contributed by atoms with Crippen molar-refractivity contribution in [3.63, 3.8) is 0 Å². The molecule has 0 radical (unpaired) electrons. The number of aryl methyl sites for hydroxylation is 1. The summed E-state index contributed by atoms with van der Waals surface area (Å²) in [5.41, 5.74) is 5.84. The standard InChI is InChI=1S/C25H32BrNO3/c1-16-12-23(29-14-19-8-6-7-9-22(19)26)18(3)24-20(16)10-11-21(25(24)30-15-28)17(2)13-27(4)5/h6-9,12,15,17,21,25H,10-11,13-14H2,1-5H3/t17?,21?,25-/m1/s1. The molecule has 3 atom stereocenters. The third kappa shape index (κ3) is 4.89. The Morgan fingerprint density at radius 1 is 1.27 bits per heavy atom. The van der Waals surface area contributed by atoms with Crippen LogP contribution in [0.5, 0.6) is 5.75 Å². The molecule has 0 heterocycles. The van der Waals surface area contributed by atoms with Crippen molar-refractivity contribution >= 4 is 22.4 Å². The smallest absolute Gasteiger partial charge is 0.293 e. The molecule has 0 bridgehead atoms. The fourth-order valence-electron chi connectivity index (χ4n) is 4.80. The van der Waals surface area contributed by atoms with Crippen LogP contribution in [-0.4, -0.2) is 32.0 Å². The molecule has 0 amide bonds. The predicted molar refractivity (Wildman–Crippen MR) is 124 cm³/mol. The van der Waals surface area contributed by atoms with Gasteiger partial charge in [-0.25, -0.2) is 0 Å². The molecule has 30 heavy (non-hydrogen) atoms. The van der Waals surface area contributed by atoms with Gasteiger partial charge in [0, 0.05) is 28.1 Å². The van der Waals surface area contributed by atoms with Crippen LogP contribution >= 0.6 is 15.9 Å². The maximum atomic E-state index is 11.4. The van der Waals surface area contributed by atoms with Gasteiger partial charge in [-0.15, -0.1) is 0 Å². The third-order valence-corrected chi connectivity index (χ3v) is 7.02. The van der Waals surface area contributed by atoms with Crippen LogP contribution in [0.15, 0.2) is 34.8 Å². The molecule has 2 aromatic rings. The normalized spacial score (nSPS) is 19.3. The first-order valence-corrected chi connectivity index (χ1v) is 11.4. The Morgan fingerprint density at radius 2 is 2.00 bits per heavy atom. The van der Waals surface area contributed by atoms with Crippen LogP contribution in [-0.2, 0) is 22.6 Å². The summed E-state index contributed by atoms with van der Waals surface area (Å²) in [4.78, 5) is 13.6. The second kappa shape index (κ2) is 9.97. The first-order chi connectivity index (χ1) is 14.3. The number of hydrogen-bond acceptors (Lipinski definition) is 4. The van der Waals surface area contributed by atoms with Crippen LogP contribution in [0, 0.1) is 25.7 Å². The summed E-state index contributed by atoms with van der Waals surface area (Å²) >= 11 is 3.59. The molecular formula is C25H32BrNO3. The van der Waals surface area contributed by atoms with Crippen LogP contribution in [0.3, 0.4) is 0 Å². The first kappa shape index (κ1) is 22.8. The third-order valence-electron chi connectivity index (χ3n) is 6.25. The molecule has 1 aliphatic carbocycles. The number of nitrogens with zero attached hydrogens (tertiary/aromatic N) is 1. The van der Waals surface area contributed by atoms with Crippen molar-refractivity contribution in [3.05, 3.63) is 62.6 Å². The average molecular weight is 474 g/mol. The number of fused-ring (bicyclic) bond motifs is 1. The van der Waals surface area contributed by atoms with E-state index in [2.05, 4.69) is 67.8 Å². The van der Waals surface area contributed by atoms with Crippen molar-refractivity contribution in [2.45, 2.75) is 46.3 Å². The van der Waals surface area contributed by atoms with E-state index in [1.165, 1.54) is 11.1 Å². The van der Waals surface area contributed by atoms with Gasteiger partial charge in [0.25, 0.3) is 6.47 Å². The molecule has 4 nitrogen and oxygen atoms in total. The van der Waals surface area contributed by atoms with Crippen LogP contribution < -0.4 is 4.74 Å². The van der Waals surface area contributed by atoms with Crippen LogP contribution in [0.2, 0.25) is 0 Å². The van der Waals surface area contributed by atoms with Crippen molar-refractivity contribution in [2.24, 2.45) is 11.8 Å². The number of hydrogen-bond donors (Lipinski definition) is 0. The highest BCUT2D eigenvalue weighted by molar-refractivity contribution is 9.10. The van der Waals surface area contributed by atoms with E-state index in [1.807, 2.05) is 18.2 Å². The summed E-state index contributed by atoms with van der Waals surface area (Å²) < 4.78 is 13.0. The first-order valence-electron chi connectivity index (χ1n) is 10.6. The second-order valence-corrected chi connectivity index (χ2v) is 9.54. The van der Waals surface area contributed by atoms with Gasteiger partial charge in [0.1, 0.15) is 18.5 Å². The van der Waals surface area contributed by atoms with Crippen LogP contribution in [0.1, 0.15) is 47.3 Å². The summed E-state index contributed by atoms with van der Waals surface area (Å²) in [5, 5.41) is 0. The molecule has 0 saturated heterocycles. The van der Waals surface area contributed by atoms with Crippen molar-refractivity contribution in [1.82, 2.24) is 4.90 Å². The topological polar surface area (TPSA) is 38.8 Å². The highest BCUT2D eigenvalue weighted by Gasteiger charge is 2.37. The lowest BCUT2D eigenvalue weighted by Gasteiger charge is -2.38. The maximum absolute atomic E-state index is 11.4. The number of rotatable bonds is 8. The fourth-order valence-corrected chi connectivity index (χ4v) is 5.20. The average Bonchev–Trinajstić information content (AvgIpc) is 2.70. The van der Waals surface area contributed by atoms with Gasteiger partial charge in [0.2, 0.25) is 0 Å². The minimum atomic E-state index is -0.230. The second-order valence-electron chi connectivity index (χ2n) is 8.68. The Labute approximate surface area is 188 Å². The molecule has 0 spiro atoms. The number of carbonyl (C=O) groups excluding carboxylic acids is 1. The zero-order valence-electron chi connectivity index (χ0n) is 18.6. The van der Waals surface area contributed by atoms with E-state index in [1.54, 1.807) is 0 Å². The predicted octanol–water partition coefficient (Wildman–Crippen LogP) is 5.62. The Morgan fingerprint density at radius 3 is 2.67 bits per heavy atom. The van der Waals surface area contributed by atoms with E-state index in [0.29, 0.717) is 24.9 Å². The Bertz CT molecular complexity index is 896. The lowest BCUT2D eigenvalue weighted by molar-refractivity contribution is -0.138. The maximum Gasteiger partial charge on any atom is 0.293 e. The number of carbonyl (C=O) groups is 1. The van der Waals surface area contributed by atoms with Gasteiger partial charge in [-0.05, 0) is 75.5 Å². The van der Waals surface area contributed by atoms with Crippen LogP contribution in [0.25, 0.3) is 0 Å². The molecule has 1 aliphatic rings. The fraction of sp³-hybridized carbons (Fsp3) is 0.480. The molecule has 3 rings (SSSR count). The van der Waals surface area contributed by atoms with Gasteiger partial charge < -0.3 is 14.4 Å². The van der Waals surface area contributed by atoms with Gasteiger partial charge in [0.05, 0.1) is 0 Å². The largest absolute Gasteiger partial charge is 0.489 e. The molecule has 0 aliphatic heterocycles. The highest BCUT2D eigenvalue weighted by Crippen LogP contribution is 2.45. The molecule has 0 fully saturated rings. The molecule has 5 heteroatoms. The molecule has 162 valence electrons. The van der Waals surface area contributed by atoms with E-state index in [-0.39, 0.29) is 6.10 Å². The number of halogens is 1. The van der Waals surface area contributed by atoms with Gasteiger partial charge in [0.15, 0.2) is 0 Å². The summed E-state index contributed by atoms with van der Waals surface area (Å²) in [7, 11) is 4.18. The summed E-state index contributed by atoms with van der Waals surface area (Å²) in [5.74, 6) is 1.58. The SMILES string of the molecule is Cc1cc(OCc2ccccc2Br)c(C)c2c1CCC(C(C)CN(C)C)[C@H]2OC=O. The molecule has 0 N–H and O–H groups in total. The van der Waals surface area contributed by atoms with E-state index in [9.17, 15) is 4.79 Å². The van der Waals surface area contributed by atoms with Gasteiger partial charge in [-0.3, -0.25) is 4.79 Å². The molecular weight excluding hydrogens is 442 g/mol. The zero-order valence-corrected chi connectivity index (χ0v) is 20.2. The highest BCUT2D eigenvalue weighted by atomic mass is 79.9. The van der Waals surface area contributed by atoms with E-state index >= 15 is 0 Å². The van der Waals surface area contributed by atoms with Gasteiger partial charge in [-0.2, -0.15) is 0 Å². The minimum absolute atomic E-state index is 0.230. The lowest BCUT2D eigenvalue weighted by atomic mass is 9.72. The Hall–Kier alpha value is -1.85. The van der Waals surface area contributed by atoms with E-state index in [0.717, 1.165) is 46.3 Å². The quantitative estimate of drug-likeness (QED) is 0.466. The van der Waals surface area contributed by atoms with Gasteiger partial charge >= 0.3 is 0 Å². The van der Waals surface area contributed by atoms with Crippen molar-refractivity contribution in [1.29, 1.82) is 0 Å². The monoisotopic (exact) mass is 473 g/mol. The van der Waals surface area contributed by atoms with Crippen LogP contribution in [0.4, 0.5) is 0 Å². The lowest BCUT2D eigenvalue weighted by Crippen LogP contribution is -2.34. The number of ether oxygens (including phenoxy) is 2. The van der Waals surface area contributed by atoms with E-state index < -0.39 is 0 Å². The summed E-state index contributed by atoms with van der Waals surface area (Å²) in [6, 6.07) is 10.2. The molecule has 2 unspecified atom stereocenters. The summed E-state index contributed by atoms with van der Waals surface area (Å²) in [6.07, 6.45) is 1.80. The minimum Gasteiger partial charge on any atom is -0.489 e.